The van der Waals surface area contributed by atoms with E-state index in [1.54, 1.807) is 25.7 Å². The topological polar surface area (TPSA) is 102 Å². The quantitative estimate of drug-likeness (QED) is 0.555. The van der Waals surface area contributed by atoms with Crippen LogP contribution in [0.1, 0.15) is 12.5 Å². The molecule has 1 saturated carbocycles. The number of alkyl halides is 3. The van der Waals surface area contributed by atoms with E-state index in [0.717, 1.165) is 18.9 Å². The van der Waals surface area contributed by atoms with Crippen molar-refractivity contribution >= 4 is 17.3 Å². The van der Waals surface area contributed by atoms with Gasteiger partial charge in [-0.1, -0.05) is 0 Å². The molecule has 0 spiro atoms. The van der Waals surface area contributed by atoms with Crippen molar-refractivity contribution in [1.29, 1.82) is 0 Å². The van der Waals surface area contributed by atoms with E-state index < -0.39 is 40.5 Å². The van der Waals surface area contributed by atoms with Crippen LogP contribution >= 0.6 is 0 Å². The standard InChI is InChI=1S/C17H16F3N2O5/c1-16(24,10-27-9-11-4-2-3-5-11)15(23)21-12-6-7-14(22(25)26)13(8-12)17(18,19)20/h2-8,24H,9-10H2,1H3,(H,21,23). The van der Waals surface area contributed by atoms with Crippen LogP contribution in [0.3, 0.4) is 0 Å². The number of carbonyl (C=O) groups is 1. The van der Waals surface area contributed by atoms with Gasteiger partial charge in [-0.3, -0.25) is 14.9 Å². The Hall–Kier alpha value is -2.20. The molecule has 1 aliphatic rings. The minimum absolute atomic E-state index is 0.145. The Bertz CT molecular complexity index is 700. The molecule has 7 nitrogen and oxygen atoms in total. The second-order valence-corrected chi connectivity index (χ2v) is 6.00. The highest BCUT2D eigenvalue weighted by Crippen LogP contribution is 2.37. The van der Waals surface area contributed by atoms with E-state index in [-0.39, 0.29) is 12.3 Å². The lowest BCUT2D eigenvalue weighted by molar-refractivity contribution is -0.388. The average molecular weight is 385 g/mol. The molecule has 1 aliphatic carbocycles. The number of nitro groups is 1. The number of nitrogens with one attached hydrogen (secondary N) is 1. The molecule has 1 aromatic rings. The van der Waals surface area contributed by atoms with Crippen molar-refractivity contribution in [3.63, 3.8) is 0 Å². The van der Waals surface area contributed by atoms with Gasteiger partial charge < -0.3 is 15.2 Å². The van der Waals surface area contributed by atoms with Gasteiger partial charge in [-0.15, -0.1) is 0 Å². The van der Waals surface area contributed by atoms with Crippen molar-refractivity contribution in [3.8, 4) is 0 Å². The summed E-state index contributed by atoms with van der Waals surface area (Å²) >= 11 is 0. The lowest BCUT2D eigenvalue weighted by Crippen LogP contribution is -2.44. The molecule has 0 aliphatic heterocycles. The summed E-state index contributed by atoms with van der Waals surface area (Å²) in [5.41, 5.74) is -5.00. The maximum absolute atomic E-state index is 13.0. The number of benzene rings is 1. The van der Waals surface area contributed by atoms with Crippen molar-refractivity contribution in [2.75, 3.05) is 18.5 Å². The molecule has 1 unspecified atom stereocenters. The summed E-state index contributed by atoms with van der Waals surface area (Å²) in [4.78, 5) is 21.7. The van der Waals surface area contributed by atoms with Crippen molar-refractivity contribution < 1.29 is 32.7 Å². The maximum Gasteiger partial charge on any atom is 0.423 e. The van der Waals surface area contributed by atoms with E-state index in [2.05, 4.69) is 5.32 Å². The van der Waals surface area contributed by atoms with Crippen molar-refractivity contribution in [1.82, 2.24) is 0 Å². The van der Waals surface area contributed by atoms with Crippen LogP contribution in [0.15, 0.2) is 18.2 Å². The predicted molar refractivity (Wildman–Crippen MR) is 88.6 cm³/mol. The molecule has 0 bridgehead atoms. The number of amides is 1. The average Bonchev–Trinajstić information content (AvgIpc) is 3.07. The Morgan fingerprint density at radius 2 is 1.93 bits per heavy atom. The van der Waals surface area contributed by atoms with Crippen molar-refractivity contribution in [3.05, 3.63) is 65.5 Å². The zero-order chi connectivity index (χ0) is 20.2. The predicted octanol–water partition coefficient (Wildman–Crippen LogP) is 2.72. The van der Waals surface area contributed by atoms with E-state index >= 15 is 0 Å². The third-order valence-electron chi connectivity index (χ3n) is 3.63. The van der Waals surface area contributed by atoms with E-state index in [9.17, 15) is 33.2 Å². The van der Waals surface area contributed by atoms with E-state index in [1.165, 1.54) is 0 Å². The Morgan fingerprint density at radius 3 is 2.48 bits per heavy atom. The normalized spacial score (nSPS) is 17.5. The molecule has 1 fully saturated rings. The Morgan fingerprint density at radius 1 is 1.30 bits per heavy atom. The molecule has 1 atom stereocenters. The van der Waals surface area contributed by atoms with Gasteiger partial charge in [0.05, 0.1) is 18.1 Å². The molecule has 1 amide bonds. The number of carbonyl (C=O) groups excluding carboxylic acids is 1. The van der Waals surface area contributed by atoms with Gasteiger partial charge in [-0.2, -0.15) is 13.2 Å². The molecule has 0 heterocycles. The number of hydrogen-bond donors (Lipinski definition) is 2. The summed E-state index contributed by atoms with van der Waals surface area (Å²) in [5, 5.41) is 23.0. The lowest BCUT2D eigenvalue weighted by Gasteiger charge is -2.23. The molecule has 145 valence electrons. The van der Waals surface area contributed by atoms with Crippen LogP contribution in [0.2, 0.25) is 0 Å². The minimum Gasteiger partial charge on any atom is -0.378 e. The molecular formula is C17H16F3N2O5. The number of nitrogens with zero attached hydrogens (tertiary/aromatic N) is 1. The maximum atomic E-state index is 13.0. The van der Waals surface area contributed by atoms with Gasteiger partial charge in [0.15, 0.2) is 5.60 Å². The number of nitro benzene ring substituents is 1. The van der Waals surface area contributed by atoms with Gasteiger partial charge in [0.2, 0.25) is 0 Å². The largest absolute Gasteiger partial charge is 0.423 e. The van der Waals surface area contributed by atoms with Crippen LogP contribution in [0.25, 0.3) is 0 Å². The molecule has 10 heteroatoms. The monoisotopic (exact) mass is 385 g/mol. The fraction of sp³-hybridized carbons (Fsp3) is 0.294. The third kappa shape index (κ3) is 5.64. The highest BCUT2D eigenvalue weighted by atomic mass is 19.4. The van der Waals surface area contributed by atoms with Crippen LogP contribution in [0.5, 0.6) is 0 Å². The second-order valence-electron chi connectivity index (χ2n) is 6.00. The molecule has 2 rings (SSSR count). The summed E-state index contributed by atoms with van der Waals surface area (Å²) in [6, 6.07) is 2.03. The smallest absolute Gasteiger partial charge is 0.378 e. The Labute approximate surface area is 153 Å². The number of rotatable bonds is 7. The van der Waals surface area contributed by atoms with Gasteiger partial charge in [0.1, 0.15) is 5.56 Å². The number of aliphatic hydroxyl groups is 1. The SMILES string of the molecule is CC(O)(COC[C]1[CH][CH][CH][CH]1)C(=O)Nc1ccc([N+](=O)[O-])c(C(F)(F)F)c1. The number of hydrogen-bond acceptors (Lipinski definition) is 5. The zero-order valence-electron chi connectivity index (χ0n) is 14.1. The number of anilines is 1. The zero-order valence-corrected chi connectivity index (χ0v) is 14.1. The van der Waals surface area contributed by atoms with Gasteiger partial charge in [-0.25, -0.2) is 0 Å². The molecule has 5 radical (unpaired) electrons. The summed E-state index contributed by atoms with van der Waals surface area (Å²) < 4.78 is 44.2. The van der Waals surface area contributed by atoms with Gasteiger partial charge in [0, 0.05) is 17.7 Å². The fourth-order valence-electron chi connectivity index (χ4n) is 2.21. The summed E-state index contributed by atoms with van der Waals surface area (Å²) in [6.45, 7) is 0.888. The first-order chi connectivity index (χ1) is 12.5. The number of halogens is 3. The van der Waals surface area contributed by atoms with E-state index in [4.69, 9.17) is 4.74 Å². The van der Waals surface area contributed by atoms with Crippen LogP contribution in [-0.2, 0) is 15.7 Å². The summed E-state index contributed by atoms with van der Waals surface area (Å²) in [6.07, 6.45) is 2.16. The fourth-order valence-corrected chi connectivity index (χ4v) is 2.21. The van der Waals surface area contributed by atoms with Gasteiger partial charge in [-0.05, 0) is 44.7 Å². The van der Waals surface area contributed by atoms with Gasteiger partial charge >= 0.3 is 6.18 Å². The first-order valence-electron chi connectivity index (χ1n) is 7.68. The molecule has 0 saturated heterocycles. The highest BCUT2D eigenvalue weighted by Gasteiger charge is 2.39. The van der Waals surface area contributed by atoms with E-state index in [0.29, 0.717) is 12.1 Å². The Balaban J connectivity index is 2.03. The summed E-state index contributed by atoms with van der Waals surface area (Å²) in [7, 11) is 0. The molecule has 1 aromatic carbocycles. The van der Waals surface area contributed by atoms with Crippen LogP contribution < -0.4 is 5.32 Å². The second kappa shape index (κ2) is 8.22. The van der Waals surface area contributed by atoms with Crippen LogP contribution in [0, 0.1) is 41.7 Å². The van der Waals surface area contributed by atoms with Crippen molar-refractivity contribution in [2.24, 2.45) is 0 Å². The van der Waals surface area contributed by atoms with Crippen molar-refractivity contribution in [2.45, 2.75) is 18.7 Å². The molecule has 0 aromatic heterocycles. The van der Waals surface area contributed by atoms with Gasteiger partial charge in [0.25, 0.3) is 11.6 Å². The van der Waals surface area contributed by atoms with Crippen LogP contribution in [0.4, 0.5) is 24.5 Å². The first kappa shape index (κ1) is 21.1. The first-order valence-corrected chi connectivity index (χ1v) is 7.68. The minimum atomic E-state index is -4.98. The lowest BCUT2D eigenvalue weighted by atomic mass is 10.1. The molecular weight excluding hydrogens is 369 g/mol. The number of ether oxygens (including phenoxy) is 1. The van der Waals surface area contributed by atoms with Crippen LogP contribution in [-0.4, -0.2) is 34.8 Å². The van der Waals surface area contributed by atoms with E-state index in [1.807, 2.05) is 0 Å². The molecule has 27 heavy (non-hydrogen) atoms. The summed E-state index contributed by atoms with van der Waals surface area (Å²) in [5.74, 6) is -0.177. The third-order valence-corrected chi connectivity index (χ3v) is 3.63. The molecule has 2 N–H and O–H groups in total. The Kier molecular flexibility index (Phi) is 6.42. The highest BCUT2D eigenvalue weighted by molar-refractivity contribution is 5.97.